The molecule has 2 heterocycles. The van der Waals surface area contributed by atoms with Crippen molar-refractivity contribution >= 4 is 32.5 Å². The van der Waals surface area contributed by atoms with Crippen LogP contribution in [0.4, 0.5) is 0 Å². The first-order valence-corrected chi connectivity index (χ1v) is 13.6. The van der Waals surface area contributed by atoms with Gasteiger partial charge < -0.3 is 0 Å². The molecule has 2 aromatic heterocycles. The molecule has 0 atom stereocenters. The SMILES string of the molecule is [2H]C([2H])(c1ccc2c(-c3nc4ccccc4n3-c3cc(C)c(-c4ccccc4)c(C)c3)csc2c1)C(C)(C)C. The molecular weight excluding hydrogens is 468 g/mol. The van der Waals surface area contributed by atoms with Crippen molar-refractivity contribution < 1.29 is 2.74 Å². The summed E-state index contributed by atoms with van der Waals surface area (Å²) in [5, 5.41) is 3.26. The second-order valence-corrected chi connectivity index (χ2v) is 11.7. The molecule has 0 saturated carbocycles. The van der Waals surface area contributed by atoms with Crippen LogP contribution >= 0.6 is 11.3 Å². The van der Waals surface area contributed by atoms with Gasteiger partial charge in [-0.05, 0) is 83.8 Å². The maximum absolute atomic E-state index is 8.76. The van der Waals surface area contributed by atoms with E-state index in [2.05, 4.69) is 90.5 Å². The Labute approximate surface area is 226 Å². The molecule has 0 amide bonds. The van der Waals surface area contributed by atoms with E-state index in [9.17, 15) is 0 Å². The Morgan fingerprint density at radius 1 is 0.865 bits per heavy atom. The summed E-state index contributed by atoms with van der Waals surface area (Å²) in [5.41, 5.74) is 9.34. The van der Waals surface area contributed by atoms with Crippen molar-refractivity contribution in [2.24, 2.45) is 5.41 Å². The summed E-state index contributed by atoms with van der Waals surface area (Å²) < 4.78 is 20.9. The average Bonchev–Trinajstić information content (AvgIpc) is 3.49. The van der Waals surface area contributed by atoms with Crippen molar-refractivity contribution in [3.63, 3.8) is 0 Å². The number of hydrogen-bond donors (Lipinski definition) is 0. The highest BCUT2D eigenvalue weighted by Gasteiger charge is 2.20. The Balaban J connectivity index is 1.55. The van der Waals surface area contributed by atoms with E-state index >= 15 is 0 Å². The Hall–Kier alpha value is -3.69. The van der Waals surface area contributed by atoms with Crippen LogP contribution in [0.5, 0.6) is 0 Å². The zero-order chi connectivity index (χ0) is 27.5. The summed E-state index contributed by atoms with van der Waals surface area (Å²) in [6.07, 6.45) is -1.44. The number of fused-ring (bicyclic) bond motifs is 2. The van der Waals surface area contributed by atoms with Gasteiger partial charge in [0.15, 0.2) is 0 Å². The van der Waals surface area contributed by atoms with E-state index < -0.39 is 11.8 Å². The number of nitrogens with zero attached hydrogens (tertiary/aromatic N) is 2. The fraction of sp³-hybridized carbons (Fsp3) is 0.206. The minimum absolute atomic E-state index is 0.504. The number of aryl methyl sites for hydroxylation is 2. The lowest BCUT2D eigenvalue weighted by molar-refractivity contribution is 0.411. The van der Waals surface area contributed by atoms with E-state index in [1.807, 2.05) is 39.0 Å². The molecule has 0 N–H and O–H groups in total. The van der Waals surface area contributed by atoms with E-state index in [1.165, 1.54) is 22.3 Å². The largest absolute Gasteiger partial charge is 0.292 e. The van der Waals surface area contributed by atoms with Crippen LogP contribution in [-0.2, 0) is 6.37 Å². The third-order valence-electron chi connectivity index (χ3n) is 6.73. The first-order valence-electron chi connectivity index (χ1n) is 13.7. The average molecular weight is 503 g/mol. The Kier molecular flexibility index (Phi) is 5.21. The number of benzene rings is 4. The predicted octanol–water partition coefficient (Wildman–Crippen LogP) is 9.78. The fourth-order valence-electron chi connectivity index (χ4n) is 5.31. The number of thiophene rings is 1. The van der Waals surface area contributed by atoms with Gasteiger partial charge in [0.25, 0.3) is 0 Å². The number of hydrogen-bond acceptors (Lipinski definition) is 2. The zero-order valence-corrected chi connectivity index (χ0v) is 22.8. The molecule has 6 aromatic rings. The molecule has 0 saturated heterocycles. The van der Waals surface area contributed by atoms with Gasteiger partial charge in [0.2, 0.25) is 0 Å². The first-order chi connectivity index (χ1) is 18.6. The molecule has 0 radical (unpaired) electrons. The molecule has 3 heteroatoms. The van der Waals surface area contributed by atoms with Crippen molar-refractivity contribution in [2.45, 2.75) is 41.0 Å². The minimum atomic E-state index is -1.44. The van der Waals surface area contributed by atoms with E-state index in [0.717, 1.165) is 38.2 Å². The molecule has 0 aliphatic rings. The van der Waals surface area contributed by atoms with E-state index in [4.69, 9.17) is 7.73 Å². The summed E-state index contributed by atoms with van der Waals surface area (Å²) in [4.78, 5) is 5.13. The van der Waals surface area contributed by atoms with Gasteiger partial charge in [-0.2, -0.15) is 0 Å². The summed E-state index contributed by atoms with van der Waals surface area (Å²) in [5.74, 6) is 0.903. The maximum atomic E-state index is 8.76. The van der Waals surface area contributed by atoms with Crippen LogP contribution in [0.25, 0.3) is 49.3 Å². The van der Waals surface area contributed by atoms with Crippen molar-refractivity contribution in [3.8, 4) is 28.2 Å². The third kappa shape index (κ3) is 4.38. The molecule has 0 spiro atoms. The number of aromatic nitrogens is 2. The van der Waals surface area contributed by atoms with Crippen molar-refractivity contribution in [1.29, 1.82) is 0 Å². The van der Waals surface area contributed by atoms with Crippen LogP contribution in [-0.4, -0.2) is 9.55 Å². The fourth-order valence-corrected chi connectivity index (χ4v) is 6.29. The van der Waals surface area contributed by atoms with E-state index in [1.54, 1.807) is 11.3 Å². The lowest BCUT2D eigenvalue weighted by Crippen LogP contribution is -2.08. The smallest absolute Gasteiger partial charge is 0.147 e. The van der Waals surface area contributed by atoms with Crippen LogP contribution in [0, 0.1) is 19.3 Å². The Morgan fingerprint density at radius 2 is 1.57 bits per heavy atom. The van der Waals surface area contributed by atoms with Gasteiger partial charge in [-0.3, -0.25) is 4.57 Å². The van der Waals surface area contributed by atoms with Gasteiger partial charge in [0.1, 0.15) is 5.82 Å². The summed E-state index contributed by atoms with van der Waals surface area (Å²) in [6, 6.07) is 29.4. The molecule has 2 nitrogen and oxygen atoms in total. The monoisotopic (exact) mass is 502 g/mol. The van der Waals surface area contributed by atoms with Gasteiger partial charge in [0, 0.05) is 29.5 Å². The molecule has 6 rings (SSSR count). The zero-order valence-electron chi connectivity index (χ0n) is 24.0. The van der Waals surface area contributed by atoms with E-state index in [-0.39, 0.29) is 0 Å². The van der Waals surface area contributed by atoms with Crippen LogP contribution in [0.15, 0.2) is 90.3 Å². The molecule has 0 aliphatic carbocycles. The molecule has 37 heavy (non-hydrogen) atoms. The topological polar surface area (TPSA) is 17.8 Å². The number of rotatable bonds is 4. The van der Waals surface area contributed by atoms with Crippen LogP contribution in [0.3, 0.4) is 0 Å². The lowest BCUT2D eigenvalue weighted by atomic mass is 9.88. The normalized spacial score (nSPS) is 13.2. The quantitative estimate of drug-likeness (QED) is 0.234. The molecule has 0 bridgehead atoms. The highest BCUT2D eigenvalue weighted by Crippen LogP contribution is 2.39. The van der Waals surface area contributed by atoms with Gasteiger partial charge in [-0.25, -0.2) is 4.98 Å². The highest BCUT2D eigenvalue weighted by molar-refractivity contribution is 7.17. The summed E-state index contributed by atoms with van der Waals surface area (Å²) >= 11 is 1.65. The lowest BCUT2D eigenvalue weighted by Gasteiger charge is -2.18. The van der Waals surface area contributed by atoms with Crippen LogP contribution < -0.4 is 0 Å². The number of para-hydroxylation sites is 2. The van der Waals surface area contributed by atoms with Gasteiger partial charge in [-0.15, -0.1) is 11.3 Å². The third-order valence-corrected chi connectivity index (χ3v) is 7.68. The molecule has 184 valence electrons. The molecule has 0 aliphatic heterocycles. The Bertz CT molecular complexity index is 1820. The second kappa shape index (κ2) is 9.00. The van der Waals surface area contributed by atoms with E-state index in [0.29, 0.717) is 5.56 Å². The number of imidazole rings is 1. The van der Waals surface area contributed by atoms with Gasteiger partial charge >= 0.3 is 0 Å². The van der Waals surface area contributed by atoms with Crippen molar-refractivity contribution in [2.75, 3.05) is 0 Å². The van der Waals surface area contributed by atoms with Gasteiger partial charge in [0.05, 0.1) is 11.0 Å². The predicted molar refractivity (Wildman–Crippen MR) is 160 cm³/mol. The standard InChI is InChI=1S/C34H32N2S/c1-22-17-26(18-23(2)32(22)25-11-7-6-8-12-25)36-30-14-10-9-13-29(30)35-33(36)28-21-37-31-19-24(15-16-27(28)31)20-34(3,4)5/h6-19,21H,20H2,1-5H3/i20D2. The van der Waals surface area contributed by atoms with Crippen LogP contribution in [0.2, 0.25) is 0 Å². The molecular formula is C34H32N2S. The van der Waals surface area contributed by atoms with Crippen molar-refractivity contribution in [1.82, 2.24) is 9.55 Å². The summed E-state index contributed by atoms with van der Waals surface area (Å²) in [6.45, 7) is 10.2. The Morgan fingerprint density at radius 3 is 2.30 bits per heavy atom. The molecule has 0 fully saturated rings. The first kappa shape index (κ1) is 21.4. The van der Waals surface area contributed by atoms with Gasteiger partial charge in [-0.1, -0.05) is 75.4 Å². The highest BCUT2D eigenvalue weighted by atomic mass is 32.1. The molecule has 4 aromatic carbocycles. The summed E-state index contributed by atoms with van der Waals surface area (Å²) in [7, 11) is 0. The second-order valence-electron chi connectivity index (χ2n) is 10.8. The minimum Gasteiger partial charge on any atom is -0.292 e. The van der Waals surface area contributed by atoms with Crippen LogP contribution in [0.1, 0.15) is 40.2 Å². The molecule has 0 unspecified atom stereocenters. The van der Waals surface area contributed by atoms with Crippen molar-refractivity contribution in [3.05, 3.63) is 107 Å². The maximum Gasteiger partial charge on any atom is 0.147 e.